The second-order valence-electron chi connectivity index (χ2n) is 5.07. The molecule has 3 rings (SSSR count). The molecule has 12 heavy (non-hydrogen) atoms. The van der Waals surface area contributed by atoms with Gasteiger partial charge in [-0.15, -0.1) is 0 Å². The van der Waals surface area contributed by atoms with E-state index in [1.165, 1.54) is 0 Å². The third-order valence-electron chi connectivity index (χ3n) is 3.49. The monoisotopic (exact) mass is 170 g/mol. The van der Waals surface area contributed by atoms with Crippen molar-refractivity contribution in [2.24, 2.45) is 5.92 Å². The van der Waals surface area contributed by atoms with Crippen LogP contribution < -0.4 is 0 Å². The zero-order valence-electron chi connectivity index (χ0n) is 8.13. The number of fused-ring (bicyclic) bond motifs is 3. The molecular weight excluding hydrogens is 152 g/mol. The van der Waals surface area contributed by atoms with Gasteiger partial charge in [0.15, 0.2) is 0 Å². The maximum absolute atomic E-state index is 9.82. The minimum Gasteiger partial charge on any atom is -0.393 e. The van der Waals surface area contributed by atoms with Crippen molar-refractivity contribution >= 4 is 0 Å². The smallest absolute Gasteiger partial charge is 0.0686 e. The summed E-state index contributed by atoms with van der Waals surface area (Å²) in [5.41, 5.74) is -0.178. The van der Waals surface area contributed by atoms with Gasteiger partial charge in [0.05, 0.1) is 17.3 Å². The predicted octanol–water partition coefficient (Wildman–Crippen LogP) is 1.71. The lowest BCUT2D eigenvalue weighted by atomic mass is 9.67. The molecule has 0 aromatic heterocycles. The maximum Gasteiger partial charge on any atom is 0.0686 e. The fourth-order valence-corrected chi connectivity index (χ4v) is 2.95. The van der Waals surface area contributed by atoms with Gasteiger partial charge < -0.3 is 9.84 Å². The van der Waals surface area contributed by atoms with E-state index >= 15 is 0 Å². The molecule has 3 atom stereocenters. The number of rotatable bonds is 0. The second-order valence-corrected chi connectivity index (χ2v) is 5.07. The van der Waals surface area contributed by atoms with E-state index in [1.807, 2.05) is 0 Å². The number of hydrogen-bond acceptors (Lipinski definition) is 2. The molecule has 1 aliphatic carbocycles. The van der Waals surface area contributed by atoms with Crippen molar-refractivity contribution in [2.45, 2.75) is 57.3 Å². The molecular formula is C10H18O2. The van der Waals surface area contributed by atoms with Crippen LogP contribution in [-0.4, -0.2) is 22.4 Å². The Morgan fingerprint density at radius 2 is 2.00 bits per heavy atom. The van der Waals surface area contributed by atoms with Crippen molar-refractivity contribution in [3.63, 3.8) is 0 Å². The molecule has 2 aliphatic heterocycles. The van der Waals surface area contributed by atoms with Gasteiger partial charge in [0.2, 0.25) is 0 Å². The molecule has 2 bridgehead atoms. The number of aliphatic hydroxyl groups is 1. The molecule has 70 valence electrons. The lowest BCUT2D eigenvalue weighted by Gasteiger charge is -2.56. The van der Waals surface area contributed by atoms with Crippen LogP contribution in [0.4, 0.5) is 0 Å². The van der Waals surface area contributed by atoms with Crippen LogP contribution in [-0.2, 0) is 4.74 Å². The summed E-state index contributed by atoms with van der Waals surface area (Å²) in [5, 5.41) is 9.82. The Morgan fingerprint density at radius 1 is 1.33 bits per heavy atom. The molecule has 0 spiro atoms. The van der Waals surface area contributed by atoms with Crippen LogP contribution in [0.3, 0.4) is 0 Å². The Balaban J connectivity index is 2.28. The Morgan fingerprint density at radius 3 is 2.42 bits per heavy atom. The van der Waals surface area contributed by atoms with Gasteiger partial charge in [0.25, 0.3) is 0 Å². The van der Waals surface area contributed by atoms with Crippen LogP contribution in [0.15, 0.2) is 0 Å². The zero-order valence-corrected chi connectivity index (χ0v) is 8.13. The minimum absolute atomic E-state index is 0.0579. The van der Waals surface area contributed by atoms with E-state index in [0.717, 1.165) is 19.3 Å². The zero-order chi connectivity index (χ0) is 8.98. The molecule has 2 saturated heterocycles. The van der Waals surface area contributed by atoms with Crippen molar-refractivity contribution in [3.8, 4) is 0 Å². The molecule has 1 N–H and O–H groups in total. The Hall–Kier alpha value is -0.0800. The molecule has 1 saturated carbocycles. The molecule has 0 radical (unpaired) electrons. The second kappa shape index (κ2) is 2.24. The fourth-order valence-electron chi connectivity index (χ4n) is 2.95. The maximum atomic E-state index is 9.82. The molecule has 3 aliphatic rings. The highest BCUT2D eigenvalue weighted by Crippen LogP contribution is 2.49. The predicted molar refractivity (Wildman–Crippen MR) is 46.9 cm³/mol. The molecule has 2 nitrogen and oxygen atoms in total. The lowest BCUT2D eigenvalue weighted by molar-refractivity contribution is -0.263. The number of ether oxygens (including phenoxy) is 1. The van der Waals surface area contributed by atoms with Gasteiger partial charge in [-0.05, 0) is 33.6 Å². The van der Waals surface area contributed by atoms with Gasteiger partial charge in [-0.25, -0.2) is 0 Å². The Bertz CT molecular complexity index is 197. The molecule has 0 unspecified atom stereocenters. The van der Waals surface area contributed by atoms with Gasteiger partial charge in [-0.2, -0.15) is 0 Å². The van der Waals surface area contributed by atoms with E-state index in [1.54, 1.807) is 0 Å². The number of hydrogen-bond donors (Lipinski definition) is 1. The fraction of sp³-hybridized carbons (Fsp3) is 1.00. The van der Waals surface area contributed by atoms with Gasteiger partial charge in [-0.3, -0.25) is 0 Å². The summed E-state index contributed by atoms with van der Waals surface area (Å²) in [4.78, 5) is 0. The topological polar surface area (TPSA) is 29.5 Å². The van der Waals surface area contributed by atoms with E-state index < -0.39 is 0 Å². The molecule has 2 heterocycles. The third-order valence-corrected chi connectivity index (χ3v) is 3.49. The van der Waals surface area contributed by atoms with Gasteiger partial charge in [0.1, 0.15) is 0 Å². The summed E-state index contributed by atoms with van der Waals surface area (Å²) in [6, 6.07) is 0. The van der Waals surface area contributed by atoms with E-state index in [2.05, 4.69) is 20.8 Å². The SMILES string of the molecule is CC1(C)O[C@@]2(C)CC[C@H]1[C@H](O)C2. The largest absolute Gasteiger partial charge is 0.393 e. The van der Waals surface area contributed by atoms with E-state index in [9.17, 15) is 5.11 Å². The number of aliphatic hydroxyl groups excluding tert-OH is 1. The first-order valence-electron chi connectivity index (χ1n) is 4.81. The highest BCUT2D eigenvalue weighted by Gasteiger charge is 2.52. The van der Waals surface area contributed by atoms with Crippen LogP contribution in [0.2, 0.25) is 0 Å². The van der Waals surface area contributed by atoms with Crippen molar-refractivity contribution in [1.29, 1.82) is 0 Å². The van der Waals surface area contributed by atoms with Crippen LogP contribution in [0.1, 0.15) is 40.0 Å². The molecule has 0 aromatic carbocycles. The Kier molecular flexibility index (Phi) is 1.59. The van der Waals surface area contributed by atoms with E-state index in [4.69, 9.17) is 4.74 Å². The average Bonchev–Trinajstić information content (AvgIpc) is 1.80. The molecule has 3 fully saturated rings. The normalized spacial score (nSPS) is 51.0. The van der Waals surface area contributed by atoms with Crippen LogP contribution >= 0.6 is 0 Å². The van der Waals surface area contributed by atoms with Crippen molar-refractivity contribution in [2.75, 3.05) is 0 Å². The Labute approximate surface area is 73.9 Å². The third kappa shape index (κ3) is 1.09. The van der Waals surface area contributed by atoms with Gasteiger partial charge in [-0.1, -0.05) is 0 Å². The van der Waals surface area contributed by atoms with E-state index in [0.29, 0.717) is 5.92 Å². The van der Waals surface area contributed by atoms with E-state index in [-0.39, 0.29) is 17.3 Å². The summed E-state index contributed by atoms with van der Waals surface area (Å²) < 4.78 is 5.97. The quantitative estimate of drug-likeness (QED) is 0.599. The van der Waals surface area contributed by atoms with Gasteiger partial charge >= 0.3 is 0 Å². The van der Waals surface area contributed by atoms with Crippen LogP contribution in [0, 0.1) is 5.92 Å². The van der Waals surface area contributed by atoms with Crippen molar-refractivity contribution in [1.82, 2.24) is 0 Å². The summed E-state index contributed by atoms with van der Waals surface area (Å²) in [6.45, 7) is 6.31. The first-order chi connectivity index (χ1) is 5.43. The molecule has 0 aromatic rings. The van der Waals surface area contributed by atoms with Crippen LogP contribution in [0.5, 0.6) is 0 Å². The van der Waals surface area contributed by atoms with Crippen molar-refractivity contribution < 1.29 is 9.84 Å². The summed E-state index contributed by atoms with van der Waals surface area (Å²) >= 11 is 0. The standard InChI is InChI=1S/C10H18O2/c1-9(2)7-4-5-10(3,12-9)6-8(7)11/h7-8,11H,4-6H2,1-3H3/t7-,8+,10-/m0/s1. The highest BCUT2D eigenvalue weighted by molar-refractivity contribution is 5.02. The summed E-state index contributed by atoms with van der Waals surface area (Å²) in [5.74, 6) is 0.347. The van der Waals surface area contributed by atoms with Gasteiger partial charge in [0, 0.05) is 12.3 Å². The molecule has 2 heteroatoms. The summed E-state index contributed by atoms with van der Waals surface area (Å²) in [7, 11) is 0. The average molecular weight is 170 g/mol. The highest BCUT2D eigenvalue weighted by atomic mass is 16.5. The minimum atomic E-state index is -0.146. The lowest BCUT2D eigenvalue weighted by Crippen LogP contribution is -2.59. The van der Waals surface area contributed by atoms with Crippen molar-refractivity contribution in [3.05, 3.63) is 0 Å². The summed E-state index contributed by atoms with van der Waals surface area (Å²) in [6.07, 6.45) is 2.90. The molecule has 0 amide bonds. The first-order valence-corrected chi connectivity index (χ1v) is 4.81. The first kappa shape index (κ1) is 8.52. The van der Waals surface area contributed by atoms with Crippen LogP contribution in [0.25, 0.3) is 0 Å².